The molecule has 1 aliphatic heterocycles. The lowest BCUT2D eigenvalue weighted by molar-refractivity contribution is 0.0525. The Kier molecular flexibility index (Phi) is 6.55. The molecule has 9 nitrogen and oxygen atoms in total. The van der Waals surface area contributed by atoms with Gasteiger partial charge in [0.25, 0.3) is 11.5 Å². The topological polar surface area (TPSA) is 101 Å². The van der Waals surface area contributed by atoms with E-state index in [1.54, 1.807) is 44.3 Å². The summed E-state index contributed by atoms with van der Waals surface area (Å²) in [6.07, 6.45) is 2.30. The molecule has 1 fully saturated rings. The normalized spacial score (nSPS) is 14.2. The van der Waals surface area contributed by atoms with Crippen molar-refractivity contribution in [3.8, 4) is 0 Å². The second-order valence-corrected chi connectivity index (χ2v) is 8.20. The number of anilines is 1. The van der Waals surface area contributed by atoms with Crippen LogP contribution in [0, 0.1) is 4.77 Å². The predicted molar refractivity (Wildman–Crippen MR) is 127 cm³/mol. The van der Waals surface area contributed by atoms with E-state index in [0.29, 0.717) is 53.0 Å². The number of H-pyrrole nitrogens is 1. The number of aromatic nitrogens is 3. The molecule has 2 aromatic heterocycles. The van der Waals surface area contributed by atoms with Crippen molar-refractivity contribution in [1.29, 1.82) is 0 Å². The van der Waals surface area contributed by atoms with E-state index in [2.05, 4.69) is 14.9 Å². The van der Waals surface area contributed by atoms with Gasteiger partial charge in [0.15, 0.2) is 4.77 Å². The van der Waals surface area contributed by atoms with Crippen LogP contribution in [0.25, 0.3) is 10.9 Å². The molecule has 10 heteroatoms. The molecule has 1 amide bonds. The number of pyridine rings is 1. The molecular weight excluding hydrogens is 442 g/mol. The molecule has 1 aromatic carbocycles. The lowest BCUT2D eigenvalue weighted by atomic mass is 10.1. The minimum Gasteiger partial charge on any atom is -0.462 e. The summed E-state index contributed by atoms with van der Waals surface area (Å²) < 4.78 is 6.68. The number of carbonyl (C=O) groups excluding carboxylic acids is 2. The van der Waals surface area contributed by atoms with Crippen molar-refractivity contribution in [1.82, 2.24) is 19.4 Å². The lowest BCUT2D eigenvalue weighted by Crippen LogP contribution is -2.35. The minimum atomic E-state index is -0.391. The average Bonchev–Trinajstić information content (AvgIpc) is 3.08. The Morgan fingerprint density at radius 3 is 2.64 bits per heavy atom. The van der Waals surface area contributed by atoms with Crippen LogP contribution in [-0.4, -0.2) is 64.1 Å². The summed E-state index contributed by atoms with van der Waals surface area (Å²) in [5, 5.41) is 0.488. The highest BCUT2D eigenvalue weighted by atomic mass is 32.1. The molecule has 0 bridgehead atoms. The lowest BCUT2D eigenvalue weighted by Gasteiger charge is -2.23. The van der Waals surface area contributed by atoms with Crippen LogP contribution < -0.4 is 10.5 Å². The molecular formula is C23H25N5O4S. The monoisotopic (exact) mass is 467 g/mol. The molecule has 0 aliphatic carbocycles. The quantitative estimate of drug-likeness (QED) is 0.465. The third kappa shape index (κ3) is 4.65. The van der Waals surface area contributed by atoms with E-state index in [1.807, 2.05) is 4.90 Å². The summed E-state index contributed by atoms with van der Waals surface area (Å²) >= 11 is 5.19. The maximum Gasteiger partial charge on any atom is 0.339 e. The van der Waals surface area contributed by atoms with Gasteiger partial charge >= 0.3 is 5.97 Å². The van der Waals surface area contributed by atoms with E-state index in [0.717, 1.165) is 18.8 Å². The van der Waals surface area contributed by atoms with E-state index >= 15 is 0 Å². The first-order valence-corrected chi connectivity index (χ1v) is 11.2. The van der Waals surface area contributed by atoms with Gasteiger partial charge in [0.2, 0.25) is 0 Å². The van der Waals surface area contributed by atoms with Gasteiger partial charge in [-0.05, 0) is 55.9 Å². The summed E-state index contributed by atoms with van der Waals surface area (Å²) in [5.41, 5.74) is 1.28. The summed E-state index contributed by atoms with van der Waals surface area (Å²) in [7, 11) is 1.61. The molecule has 0 atom stereocenters. The van der Waals surface area contributed by atoms with Crippen LogP contribution in [0.4, 0.5) is 5.82 Å². The van der Waals surface area contributed by atoms with Gasteiger partial charge in [-0.25, -0.2) is 9.78 Å². The van der Waals surface area contributed by atoms with Crippen molar-refractivity contribution in [2.45, 2.75) is 13.3 Å². The number of hydrogen-bond donors (Lipinski definition) is 1. The van der Waals surface area contributed by atoms with Crippen molar-refractivity contribution in [3.05, 3.63) is 62.8 Å². The second-order valence-electron chi connectivity index (χ2n) is 7.81. The number of hydrogen-bond acceptors (Lipinski definition) is 7. The number of aromatic amines is 1. The van der Waals surface area contributed by atoms with Crippen molar-refractivity contribution in [2.75, 3.05) is 37.7 Å². The zero-order valence-electron chi connectivity index (χ0n) is 18.5. The Bertz CT molecular complexity index is 1320. The smallest absolute Gasteiger partial charge is 0.339 e. The maximum atomic E-state index is 13.2. The molecule has 1 saturated heterocycles. The molecule has 0 saturated carbocycles. The number of esters is 1. The zero-order valence-corrected chi connectivity index (χ0v) is 19.4. The van der Waals surface area contributed by atoms with Crippen LogP contribution in [0.2, 0.25) is 0 Å². The molecule has 0 radical (unpaired) electrons. The molecule has 1 N–H and O–H groups in total. The van der Waals surface area contributed by atoms with Gasteiger partial charge in [-0.3, -0.25) is 14.2 Å². The van der Waals surface area contributed by atoms with Crippen molar-refractivity contribution >= 4 is 40.8 Å². The van der Waals surface area contributed by atoms with Gasteiger partial charge in [0.05, 0.1) is 23.1 Å². The summed E-state index contributed by atoms with van der Waals surface area (Å²) in [6, 6.07) is 8.54. The van der Waals surface area contributed by atoms with E-state index in [9.17, 15) is 14.4 Å². The fourth-order valence-corrected chi connectivity index (χ4v) is 4.07. The van der Waals surface area contributed by atoms with E-state index in [1.165, 1.54) is 10.8 Å². The highest BCUT2D eigenvalue weighted by Gasteiger charge is 2.22. The average molecular weight is 468 g/mol. The molecule has 172 valence electrons. The zero-order chi connectivity index (χ0) is 23.5. The minimum absolute atomic E-state index is 0.0932. The molecule has 0 spiro atoms. The Labute approximate surface area is 195 Å². The Hall–Kier alpha value is -3.53. The largest absolute Gasteiger partial charge is 0.462 e. The number of ether oxygens (including phenoxy) is 1. The molecule has 3 aromatic rings. The first-order valence-electron chi connectivity index (χ1n) is 10.8. The van der Waals surface area contributed by atoms with Gasteiger partial charge in [0.1, 0.15) is 5.82 Å². The number of nitrogens with zero attached hydrogens (tertiary/aromatic N) is 4. The third-order valence-electron chi connectivity index (χ3n) is 5.71. The van der Waals surface area contributed by atoms with Gasteiger partial charge in [-0.1, -0.05) is 0 Å². The first kappa shape index (κ1) is 22.7. The Morgan fingerprint density at radius 2 is 1.91 bits per heavy atom. The van der Waals surface area contributed by atoms with Crippen molar-refractivity contribution in [2.24, 2.45) is 7.05 Å². The summed E-state index contributed by atoms with van der Waals surface area (Å²) in [5.74, 6) is 0.272. The van der Waals surface area contributed by atoms with E-state index in [4.69, 9.17) is 17.0 Å². The number of rotatable bonds is 4. The highest BCUT2D eigenvalue weighted by molar-refractivity contribution is 7.71. The second kappa shape index (κ2) is 9.53. The number of benzene rings is 1. The van der Waals surface area contributed by atoms with Crippen LogP contribution in [0.3, 0.4) is 0 Å². The van der Waals surface area contributed by atoms with Crippen LogP contribution in [0.1, 0.15) is 34.1 Å². The Morgan fingerprint density at radius 1 is 1.12 bits per heavy atom. The van der Waals surface area contributed by atoms with Crippen LogP contribution in [0.15, 0.2) is 41.3 Å². The number of nitrogens with one attached hydrogen (secondary N) is 1. The third-order valence-corrected chi connectivity index (χ3v) is 6.09. The maximum absolute atomic E-state index is 13.2. The highest BCUT2D eigenvalue weighted by Crippen LogP contribution is 2.18. The molecule has 1 aliphatic rings. The number of amides is 1. The fourth-order valence-electron chi connectivity index (χ4n) is 3.88. The van der Waals surface area contributed by atoms with Gasteiger partial charge < -0.3 is 19.5 Å². The standard InChI is InChI=1S/C23H25N5O4S/c1-3-32-22(31)16-6-8-19(24-14-16)27-9-4-10-28(12-11-27)20(29)15-5-7-17-18(13-15)25-23(33)26(2)21(17)30/h5-8,13-14H,3-4,9-12H2,1-2H3,(H,25,33). The van der Waals surface area contributed by atoms with E-state index < -0.39 is 5.97 Å². The number of fused-ring (bicyclic) bond motifs is 1. The fraction of sp³-hybridized carbons (Fsp3) is 0.348. The van der Waals surface area contributed by atoms with Crippen molar-refractivity contribution < 1.29 is 14.3 Å². The summed E-state index contributed by atoms with van der Waals surface area (Å²) in [6.45, 7) is 4.59. The van der Waals surface area contributed by atoms with Gasteiger partial charge in [-0.2, -0.15) is 0 Å². The first-order chi connectivity index (χ1) is 15.9. The van der Waals surface area contributed by atoms with Crippen LogP contribution in [0.5, 0.6) is 0 Å². The predicted octanol–water partition coefficient (Wildman–Crippen LogP) is 2.52. The van der Waals surface area contributed by atoms with Crippen LogP contribution in [-0.2, 0) is 11.8 Å². The molecule has 4 rings (SSSR count). The van der Waals surface area contributed by atoms with Crippen molar-refractivity contribution in [3.63, 3.8) is 0 Å². The molecule has 3 heterocycles. The van der Waals surface area contributed by atoms with Gasteiger partial charge in [-0.15, -0.1) is 0 Å². The molecule has 0 unspecified atom stereocenters. The summed E-state index contributed by atoms with van der Waals surface area (Å²) in [4.78, 5) is 48.7. The molecule has 33 heavy (non-hydrogen) atoms. The number of carbonyl (C=O) groups is 2. The Balaban J connectivity index is 1.48. The van der Waals surface area contributed by atoms with Gasteiger partial charge in [0, 0.05) is 45.0 Å². The van der Waals surface area contributed by atoms with Crippen LogP contribution >= 0.6 is 12.2 Å². The van der Waals surface area contributed by atoms with E-state index in [-0.39, 0.29) is 11.5 Å². The SMILES string of the molecule is CCOC(=O)c1ccc(N2CCCN(C(=O)c3ccc4c(=O)n(C)c(=S)[nH]c4c3)CC2)nc1.